The molecule has 1 unspecified atom stereocenters. The number of thiophene rings is 1. The average molecular weight is 281 g/mol. The number of hydrogen-bond donors (Lipinski definition) is 1. The molecule has 96 valence electrons. The van der Waals surface area contributed by atoms with Gasteiger partial charge in [0.2, 0.25) is 0 Å². The Hall–Kier alpha value is -0.830. The molecule has 1 aromatic carbocycles. The molecule has 1 atom stereocenters. The van der Waals surface area contributed by atoms with Crippen molar-refractivity contribution in [2.75, 3.05) is 0 Å². The van der Waals surface area contributed by atoms with E-state index in [1.807, 2.05) is 11.4 Å². The second kappa shape index (κ2) is 5.43. The summed E-state index contributed by atoms with van der Waals surface area (Å²) in [5.74, 6) is 0. The predicted molar refractivity (Wildman–Crippen MR) is 78.6 cm³/mol. The van der Waals surface area contributed by atoms with Crippen LogP contribution in [0.3, 0.4) is 0 Å². The van der Waals surface area contributed by atoms with Gasteiger partial charge in [-0.05, 0) is 48.9 Å². The van der Waals surface area contributed by atoms with Crippen LogP contribution in [-0.4, -0.2) is 5.11 Å². The van der Waals surface area contributed by atoms with Crippen molar-refractivity contribution in [1.82, 2.24) is 0 Å². The maximum Gasteiger partial charge on any atom is 0.0937 e. The number of halogens is 1. The Labute approximate surface area is 117 Å². The summed E-state index contributed by atoms with van der Waals surface area (Å²) in [6.45, 7) is 6.28. The zero-order valence-electron chi connectivity index (χ0n) is 10.8. The lowest BCUT2D eigenvalue weighted by molar-refractivity contribution is 0.182. The number of benzene rings is 1. The highest BCUT2D eigenvalue weighted by Crippen LogP contribution is 2.32. The molecule has 0 saturated heterocycles. The van der Waals surface area contributed by atoms with Crippen LogP contribution in [0.15, 0.2) is 23.6 Å². The van der Waals surface area contributed by atoms with Crippen LogP contribution in [0.1, 0.15) is 33.2 Å². The zero-order chi connectivity index (χ0) is 13.3. The van der Waals surface area contributed by atoms with E-state index in [0.29, 0.717) is 11.4 Å². The van der Waals surface area contributed by atoms with Crippen molar-refractivity contribution in [2.24, 2.45) is 0 Å². The molecule has 3 heteroatoms. The van der Waals surface area contributed by atoms with Gasteiger partial charge in [0.05, 0.1) is 16.0 Å². The SMILES string of the molecule is Cc1cc(C)c(CC(O)c2sccc2Cl)c(C)c1. The fraction of sp³-hybridized carbons (Fsp3) is 0.333. The molecule has 2 aromatic rings. The molecule has 0 spiro atoms. The minimum Gasteiger partial charge on any atom is -0.387 e. The van der Waals surface area contributed by atoms with Gasteiger partial charge in [0.1, 0.15) is 0 Å². The van der Waals surface area contributed by atoms with Crippen LogP contribution in [0.4, 0.5) is 0 Å². The fourth-order valence-corrected chi connectivity index (χ4v) is 3.53. The van der Waals surface area contributed by atoms with Crippen molar-refractivity contribution < 1.29 is 5.11 Å². The third kappa shape index (κ3) is 2.77. The molecule has 1 N–H and O–H groups in total. The van der Waals surface area contributed by atoms with E-state index < -0.39 is 6.10 Å². The van der Waals surface area contributed by atoms with Crippen LogP contribution in [-0.2, 0) is 6.42 Å². The van der Waals surface area contributed by atoms with Crippen molar-refractivity contribution >= 4 is 22.9 Å². The summed E-state index contributed by atoms with van der Waals surface area (Å²) in [5, 5.41) is 12.9. The lowest BCUT2D eigenvalue weighted by atomic mass is 9.95. The Morgan fingerprint density at radius 2 is 1.83 bits per heavy atom. The summed E-state index contributed by atoms with van der Waals surface area (Å²) < 4.78 is 0. The maximum atomic E-state index is 10.3. The van der Waals surface area contributed by atoms with Crippen molar-refractivity contribution in [2.45, 2.75) is 33.3 Å². The molecule has 0 bridgehead atoms. The first kappa shape index (κ1) is 13.6. The van der Waals surface area contributed by atoms with Gasteiger partial charge >= 0.3 is 0 Å². The van der Waals surface area contributed by atoms with Crippen molar-refractivity contribution in [3.63, 3.8) is 0 Å². The first-order chi connectivity index (χ1) is 8.49. The normalized spacial score (nSPS) is 12.7. The first-order valence-corrected chi connectivity index (χ1v) is 7.22. The van der Waals surface area contributed by atoms with Gasteiger partial charge in [0.25, 0.3) is 0 Å². The predicted octanol–water partition coefficient (Wildman–Crippen LogP) is 4.60. The summed E-state index contributed by atoms with van der Waals surface area (Å²) in [6, 6.07) is 6.15. The molecule has 2 rings (SSSR count). The van der Waals surface area contributed by atoms with E-state index in [1.54, 1.807) is 0 Å². The molecule has 1 nitrogen and oxygen atoms in total. The maximum absolute atomic E-state index is 10.3. The lowest BCUT2D eigenvalue weighted by Crippen LogP contribution is -2.04. The summed E-state index contributed by atoms with van der Waals surface area (Å²) in [5.41, 5.74) is 4.95. The molecule has 1 aromatic heterocycles. The Bertz CT molecular complexity index is 536. The van der Waals surface area contributed by atoms with Crippen molar-refractivity contribution in [3.05, 3.63) is 55.7 Å². The van der Waals surface area contributed by atoms with Gasteiger partial charge in [-0.3, -0.25) is 0 Å². The average Bonchev–Trinajstić information content (AvgIpc) is 2.69. The fourth-order valence-electron chi connectivity index (χ4n) is 2.36. The summed E-state index contributed by atoms with van der Waals surface area (Å²) in [7, 11) is 0. The van der Waals surface area contributed by atoms with Crippen LogP contribution < -0.4 is 0 Å². The van der Waals surface area contributed by atoms with E-state index in [4.69, 9.17) is 11.6 Å². The standard InChI is InChI=1S/C15H17ClOS/c1-9-6-10(2)12(11(3)7-9)8-14(17)15-13(16)4-5-18-15/h4-7,14,17H,8H2,1-3H3. The second-order valence-electron chi connectivity index (χ2n) is 4.73. The number of aliphatic hydroxyl groups excluding tert-OH is 1. The largest absolute Gasteiger partial charge is 0.387 e. The molecule has 0 saturated carbocycles. The second-order valence-corrected chi connectivity index (χ2v) is 6.08. The minimum atomic E-state index is -0.516. The van der Waals surface area contributed by atoms with Gasteiger partial charge in [0, 0.05) is 6.42 Å². The molecule has 0 fully saturated rings. The van der Waals surface area contributed by atoms with Crippen LogP contribution >= 0.6 is 22.9 Å². The van der Waals surface area contributed by atoms with E-state index in [2.05, 4.69) is 32.9 Å². The van der Waals surface area contributed by atoms with Crippen molar-refractivity contribution in [1.29, 1.82) is 0 Å². The highest BCUT2D eigenvalue weighted by molar-refractivity contribution is 7.10. The minimum absolute atomic E-state index is 0.516. The van der Waals surface area contributed by atoms with Gasteiger partial charge in [-0.15, -0.1) is 11.3 Å². The summed E-state index contributed by atoms with van der Waals surface area (Å²) in [6.07, 6.45) is 0.107. The Morgan fingerprint density at radius 3 is 2.33 bits per heavy atom. The molecule has 18 heavy (non-hydrogen) atoms. The molecule has 0 aliphatic carbocycles. The molecular formula is C15H17ClOS. The summed E-state index contributed by atoms with van der Waals surface area (Å²) >= 11 is 7.57. The van der Waals surface area contributed by atoms with E-state index in [1.165, 1.54) is 33.6 Å². The molecule has 1 heterocycles. The number of rotatable bonds is 3. The molecule has 0 radical (unpaired) electrons. The molecule has 0 amide bonds. The van der Waals surface area contributed by atoms with Crippen LogP contribution in [0.25, 0.3) is 0 Å². The third-order valence-corrected chi connectivity index (χ3v) is 4.64. The quantitative estimate of drug-likeness (QED) is 0.871. The Morgan fingerprint density at radius 1 is 1.22 bits per heavy atom. The zero-order valence-corrected chi connectivity index (χ0v) is 12.4. The highest BCUT2D eigenvalue weighted by Gasteiger charge is 2.16. The summed E-state index contributed by atoms with van der Waals surface area (Å²) in [4.78, 5) is 0.857. The highest BCUT2D eigenvalue weighted by atomic mass is 35.5. The van der Waals surface area contributed by atoms with Crippen LogP contribution in [0.2, 0.25) is 5.02 Å². The van der Waals surface area contributed by atoms with E-state index in [9.17, 15) is 5.11 Å². The van der Waals surface area contributed by atoms with Gasteiger partial charge < -0.3 is 5.11 Å². The lowest BCUT2D eigenvalue weighted by Gasteiger charge is -2.15. The number of aryl methyl sites for hydroxylation is 3. The number of hydrogen-bond acceptors (Lipinski definition) is 2. The Balaban J connectivity index is 2.27. The van der Waals surface area contributed by atoms with E-state index in [-0.39, 0.29) is 0 Å². The van der Waals surface area contributed by atoms with E-state index >= 15 is 0 Å². The van der Waals surface area contributed by atoms with Gasteiger partial charge in [-0.25, -0.2) is 0 Å². The topological polar surface area (TPSA) is 20.2 Å². The van der Waals surface area contributed by atoms with Gasteiger partial charge in [-0.2, -0.15) is 0 Å². The first-order valence-electron chi connectivity index (χ1n) is 5.96. The van der Waals surface area contributed by atoms with Crippen LogP contribution in [0, 0.1) is 20.8 Å². The number of aliphatic hydroxyl groups is 1. The molecule has 0 aliphatic heterocycles. The van der Waals surface area contributed by atoms with Crippen molar-refractivity contribution in [3.8, 4) is 0 Å². The van der Waals surface area contributed by atoms with E-state index in [0.717, 1.165) is 4.88 Å². The van der Waals surface area contributed by atoms with Crippen LogP contribution in [0.5, 0.6) is 0 Å². The monoisotopic (exact) mass is 280 g/mol. The molecular weight excluding hydrogens is 264 g/mol. The third-order valence-electron chi connectivity index (χ3n) is 3.19. The smallest absolute Gasteiger partial charge is 0.0937 e. The van der Waals surface area contributed by atoms with Gasteiger partial charge in [-0.1, -0.05) is 29.3 Å². The molecule has 0 aliphatic rings. The van der Waals surface area contributed by atoms with Gasteiger partial charge in [0.15, 0.2) is 0 Å². The Kier molecular flexibility index (Phi) is 4.10.